The van der Waals surface area contributed by atoms with Crippen LogP contribution in [-0.2, 0) is 0 Å². The fourth-order valence-electron chi connectivity index (χ4n) is 1.44. The molecule has 0 unspecified atom stereocenters. The number of aliphatic hydroxyl groups is 1. The molecule has 0 aliphatic rings. The van der Waals surface area contributed by atoms with Gasteiger partial charge in [0.05, 0.1) is 6.61 Å². The first-order valence-corrected chi connectivity index (χ1v) is 5.38. The first-order valence-electron chi connectivity index (χ1n) is 4.50. The summed E-state index contributed by atoms with van der Waals surface area (Å²) in [6, 6.07) is 0. The molecule has 1 N–H and O–H groups in total. The van der Waals surface area contributed by atoms with Crippen LogP contribution in [0.15, 0.2) is 11.6 Å². The molecule has 0 aromatic carbocycles. The molecule has 0 atom stereocenters. The Labute approximate surface area is 90.6 Å². The summed E-state index contributed by atoms with van der Waals surface area (Å²) < 4.78 is 1.75. The van der Waals surface area contributed by atoms with Crippen LogP contribution in [0.4, 0.5) is 5.82 Å². The number of imidazole rings is 1. The number of hydrogen-bond acceptors (Lipinski definition) is 5. The maximum absolute atomic E-state index is 11.0. The standard InChI is InChI=1S/C9H11N3O2S/c1-11(2-4-13)8-7(6-14)12-3-5-15-9(12)10-8/h3,5-6,13H,2,4H2,1H3. The summed E-state index contributed by atoms with van der Waals surface area (Å²) in [5.74, 6) is 0.617. The summed E-state index contributed by atoms with van der Waals surface area (Å²) in [5.41, 5.74) is 0.530. The minimum Gasteiger partial charge on any atom is -0.395 e. The number of aromatic nitrogens is 2. The fraction of sp³-hybridized carbons (Fsp3) is 0.333. The average Bonchev–Trinajstić information content (AvgIpc) is 2.76. The van der Waals surface area contributed by atoms with Crippen LogP contribution in [0.3, 0.4) is 0 Å². The molecule has 0 fully saturated rings. The van der Waals surface area contributed by atoms with Gasteiger partial charge in [0.1, 0.15) is 5.69 Å². The first-order chi connectivity index (χ1) is 7.27. The smallest absolute Gasteiger partial charge is 0.196 e. The SMILES string of the molecule is CN(CCO)c1nc2sccn2c1C=O. The number of aldehydes is 1. The molecule has 80 valence electrons. The highest BCUT2D eigenvalue weighted by Gasteiger charge is 2.15. The summed E-state index contributed by atoms with van der Waals surface area (Å²) >= 11 is 1.48. The topological polar surface area (TPSA) is 57.8 Å². The van der Waals surface area contributed by atoms with Crippen LogP contribution in [0.2, 0.25) is 0 Å². The second-order valence-electron chi connectivity index (χ2n) is 3.14. The minimum atomic E-state index is 0.0416. The summed E-state index contributed by atoms with van der Waals surface area (Å²) in [4.78, 5) is 17.8. The zero-order valence-corrected chi connectivity index (χ0v) is 9.07. The minimum absolute atomic E-state index is 0.0416. The fourth-order valence-corrected chi connectivity index (χ4v) is 2.15. The van der Waals surface area contributed by atoms with Gasteiger partial charge in [0.15, 0.2) is 17.1 Å². The van der Waals surface area contributed by atoms with E-state index in [1.807, 2.05) is 11.6 Å². The summed E-state index contributed by atoms with van der Waals surface area (Å²) in [6.45, 7) is 0.506. The average molecular weight is 225 g/mol. The third-order valence-corrected chi connectivity index (χ3v) is 2.94. The number of hydrogen-bond donors (Lipinski definition) is 1. The van der Waals surface area contributed by atoms with Gasteiger partial charge in [0.25, 0.3) is 0 Å². The number of nitrogens with zero attached hydrogens (tertiary/aromatic N) is 3. The van der Waals surface area contributed by atoms with E-state index in [9.17, 15) is 4.79 Å². The molecule has 0 aliphatic heterocycles. The van der Waals surface area contributed by atoms with Crippen molar-refractivity contribution in [2.45, 2.75) is 0 Å². The highest BCUT2D eigenvalue weighted by atomic mass is 32.1. The van der Waals surface area contributed by atoms with Gasteiger partial charge in [0, 0.05) is 25.2 Å². The van der Waals surface area contributed by atoms with Crippen LogP contribution in [-0.4, -0.2) is 41.0 Å². The van der Waals surface area contributed by atoms with Gasteiger partial charge in [-0.3, -0.25) is 9.20 Å². The van der Waals surface area contributed by atoms with Gasteiger partial charge < -0.3 is 10.0 Å². The van der Waals surface area contributed by atoms with Crippen LogP contribution in [0.5, 0.6) is 0 Å². The molecule has 0 saturated carbocycles. The van der Waals surface area contributed by atoms with Gasteiger partial charge in [-0.15, -0.1) is 11.3 Å². The van der Waals surface area contributed by atoms with E-state index in [0.717, 1.165) is 11.2 Å². The second kappa shape index (κ2) is 4.00. The number of likely N-dealkylation sites (N-methyl/N-ethyl adjacent to an activating group) is 1. The van der Waals surface area contributed by atoms with Crippen molar-refractivity contribution >= 4 is 28.4 Å². The molecule has 2 rings (SSSR count). The molecular weight excluding hydrogens is 214 g/mol. The van der Waals surface area contributed by atoms with Crippen LogP contribution in [0.25, 0.3) is 4.96 Å². The van der Waals surface area contributed by atoms with Crippen molar-refractivity contribution in [2.24, 2.45) is 0 Å². The maximum Gasteiger partial charge on any atom is 0.196 e. The molecule has 0 bridgehead atoms. The van der Waals surface area contributed by atoms with Crippen LogP contribution >= 0.6 is 11.3 Å². The highest BCUT2D eigenvalue weighted by molar-refractivity contribution is 7.15. The lowest BCUT2D eigenvalue weighted by Gasteiger charge is -2.14. The van der Waals surface area contributed by atoms with Crippen molar-refractivity contribution in [1.29, 1.82) is 0 Å². The number of rotatable bonds is 4. The zero-order valence-electron chi connectivity index (χ0n) is 8.25. The van der Waals surface area contributed by atoms with Gasteiger partial charge in [-0.05, 0) is 0 Å². The number of carbonyl (C=O) groups excluding carboxylic acids is 1. The van der Waals surface area contributed by atoms with E-state index >= 15 is 0 Å². The lowest BCUT2D eigenvalue weighted by Crippen LogP contribution is -2.22. The zero-order chi connectivity index (χ0) is 10.8. The second-order valence-corrected chi connectivity index (χ2v) is 4.01. The van der Waals surface area contributed by atoms with Gasteiger partial charge in [0.2, 0.25) is 0 Å². The van der Waals surface area contributed by atoms with E-state index in [1.165, 1.54) is 11.3 Å². The Balaban J connectivity index is 2.49. The number of fused-ring (bicyclic) bond motifs is 1. The Morgan fingerprint density at radius 3 is 3.20 bits per heavy atom. The number of anilines is 1. The van der Waals surface area contributed by atoms with Crippen molar-refractivity contribution in [3.63, 3.8) is 0 Å². The molecule has 6 heteroatoms. The highest BCUT2D eigenvalue weighted by Crippen LogP contribution is 2.22. The van der Waals surface area contributed by atoms with Crippen molar-refractivity contribution in [1.82, 2.24) is 9.38 Å². The predicted octanol–water partition coefficient (Wildman–Crippen LogP) is 0.637. The van der Waals surface area contributed by atoms with Crippen LogP contribution in [0.1, 0.15) is 10.5 Å². The normalized spacial score (nSPS) is 10.8. The number of thiazole rings is 1. The Morgan fingerprint density at radius 1 is 1.73 bits per heavy atom. The quantitative estimate of drug-likeness (QED) is 0.776. The molecule has 0 saturated heterocycles. The van der Waals surface area contributed by atoms with E-state index in [0.29, 0.717) is 18.1 Å². The van der Waals surface area contributed by atoms with Crippen molar-refractivity contribution < 1.29 is 9.90 Å². The molecule has 2 heterocycles. The molecule has 0 spiro atoms. The van der Waals surface area contributed by atoms with E-state index in [-0.39, 0.29) is 6.61 Å². The van der Waals surface area contributed by atoms with Crippen molar-refractivity contribution in [3.8, 4) is 0 Å². The molecule has 2 aromatic rings. The number of aliphatic hydroxyl groups excluding tert-OH is 1. The lowest BCUT2D eigenvalue weighted by atomic mass is 10.4. The third kappa shape index (κ3) is 1.62. The lowest BCUT2D eigenvalue weighted by molar-refractivity contribution is 0.111. The molecule has 0 aliphatic carbocycles. The van der Waals surface area contributed by atoms with Crippen molar-refractivity contribution in [3.05, 3.63) is 17.3 Å². The van der Waals surface area contributed by atoms with E-state index in [2.05, 4.69) is 4.98 Å². The van der Waals surface area contributed by atoms with Crippen LogP contribution < -0.4 is 4.90 Å². The Hall–Kier alpha value is -1.40. The molecule has 15 heavy (non-hydrogen) atoms. The predicted molar refractivity (Wildman–Crippen MR) is 58.8 cm³/mol. The van der Waals surface area contributed by atoms with Gasteiger partial charge in [-0.2, -0.15) is 0 Å². The molecule has 0 amide bonds. The van der Waals surface area contributed by atoms with E-state index < -0.39 is 0 Å². The van der Waals surface area contributed by atoms with E-state index in [1.54, 1.807) is 16.3 Å². The molecule has 2 aromatic heterocycles. The van der Waals surface area contributed by atoms with E-state index in [4.69, 9.17) is 5.11 Å². The summed E-state index contributed by atoms with van der Waals surface area (Å²) in [6.07, 6.45) is 2.60. The molecular formula is C9H11N3O2S. The maximum atomic E-state index is 11.0. The Morgan fingerprint density at radius 2 is 2.53 bits per heavy atom. The molecule has 0 radical (unpaired) electrons. The largest absolute Gasteiger partial charge is 0.395 e. The number of carbonyl (C=O) groups is 1. The van der Waals surface area contributed by atoms with Crippen LogP contribution in [0, 0.1) is 0 Å². The Kier molecular flexibility index (Phi) is 2.70. The van der Waals surface area contributed by atoms with Gasteiger partial charge in [-0.25, -0.2) is 4.98 Å². The summed E-state index contributed by atoms with van der Waals surface area (Å²) in [5, 5.41) is 10.7. The molecule has 5 nitrogen and oxygen atoms in total. The monoisotopic (exact) mass is 225 g/mol. The first kappa shape index (κ1) is 10.1. The van der Waals surface area contributed by atoms with Gasteiger partial charge in [-0.1, -0.05) is 0 Å². The summed E-state index contributed by atoms with van der Waals surface area (Å²) in [7, 11) is 1.80. The van der Waals surface area contributed by atoms with Gasteiger partial charge >= 0.3 is 0 Å². The third-order valence-electron chi connectivity index (χ3n) is 2.19. The Bertz CT molecular complexity index is 477. The van der Waals surface area contributed by atoms with Crippen molar-refractivity contribution in [2.75, 3.05) is 25.1 Å².